The van der Waals surface area contributed by atoms with E-state index < -0.39 is 5.60 Å². The van der Waals surface area contributed by atoms with Gasteiger partial charge in [0.15, 0.2) is 0 Å². The van der Waals surface area contributed by atoms with E-state index in [-0.39, 0.29) is 0 Å². The number of aliphatic hydroxyl groups is 1. The highest BCUT2D eigenvalue weighted by atomic mass is 16.3. The fourth-order valence-electron chi connectivity index (χ4n) is 2.59. The molecule has 0 unspecified atom stereocenters. The Labute approximate surface area is 94.6 Å². The van der Waals surface area contributed by atoms with Crippen molar-refractivity contribution < 1.29 is 5.11 Å². The zero-order valence-electron chi connectivity index (χ0n) is 10.8. The Kier molecular flexibility index (Phi) is 3.65. The molecule has 1 rings (SSSR count). The molecule has 1 heteroatoms. The summed E-state index contributed by atoms with van der Waals surface area (Å²) in [6.07, 6.45) is 5.31. The molecule has 88 valence electrons. The van der Waals surface area contributed by atoms with E-state index in [1.807, 2.05) is 6.92 Å². The predicted octanol–water partition coefficient (Wildman–Crippen LogP) is 3.92. The van der Waals surface area contributed by atoms with Gasteiger partial charge >= 0.3 is 0 Å². The van der Waals surface area contributed by atoms with E-state index in [1.54, 1.807) is 0 Å². The third-order valence-electron chi connectivity index (χ3n) is 4.62. The molecule has 0 amide bonds. The summed E-state index contributed by atoms with van der Waals surface area (Å²) in [4.78, 5) is 0. The molecule has 0 aromatic carbocycles. The van der Waals surface area contributed by atoms with Gasteiger partial charge in [-0.05, 0) is 49.5 Å². The van der Waals surface area contributed by atoms with Gasteiger partial charge in [0.1, 0.15) is 0 Å². The van der Waals surface area contributed by atoms with Crippen LogP contribution in [-0.2, 0) is 0 Å². The molecule has 0 aromatic rings. The van der Waals surface area contributed by atoms with Gasteiger partial charge in [-0.3, -0.25) is 0 Å². The van der Waals surface area contributed by atoms with Crippen LogP contribution >= 0.6 is 0 Å². The van der Waals surface area contributed by atoms with Gasteiger partial charge in [-0.1, -0.05) is 33.8 Å². The normalized spacial score (nSPS) is 32.7. The molecular formula is C14H26O. The first-order chi connectivity index (χ1) is 6.82. The third-order valence-corrected chi connectivity index (χ3v) is 4.62. The average Bonchev–Trinajstić information content (AvgIpc) is 2.18. The highest BCUT2D eigenvalue weighted by Crippen LogP contribution is 2.44. The summed E-state index contributed by atoms with van der Waals surface area (Å²) in [6, 6.07) is 0. The summed E-state index contributed by atoms with van der Waals surface area (Å²) in [5, 5.41) is 10.3. The Morgan fingerprint density at radius 2 is 1.87 bits per heavy atom. The zero-order chi connectivity index (χ0) is 11.7. The van der Waals surface area contributed by atoms with Crippen LogP contribution < -0.4 is 0 Å². The standard InChI is InChI=1S/C14H26O/c1-6-13(4,5)12-7-9-14(15,10-8-12)11(2)3/h12,15H,2,6-10H2,1,3-5H3. The topological polar surface area (TPSA) is 20.2 Å². The van der Waals surface area contributed by atoms with Crippen molar-refractivity contribution >= 4 is 0 Å². The fraction of sp³-hybridized carbons (Fsp3) is 0.857. The van der Waals surface area contributed by atoms with Crippen molar-refractivity contribution in [3.63, 3.8) is 0 Å². The number of rotatable bonds is 3. The minimum atomic E-state index is -0.569. The zero-order valence-corrected chi connectivity index (χ0v) is 10.8. The van der Waals surface area contributed by atoms with Gasteiger partial charge in [0.05, 0.1) is 5.60 Å². The van der Waals surface area contributed by atoms with Gasteiger partial charge in [0.25, 0.3) is 0 Å². The van der Waals surface area contributed by atoms with Crippen LogP contribution in [0.25, 0.3) is 0 Å². The van der Waals surface area contributed by atoms with E-state index >= 15 is 0 Å². The average molecular weight is 210 g/mol. The van der Waals surface area contributed by atoms with Crippen molar-refractivity contribution in [2.45, 2.75) is 65.4 Å². The van der Waals surface area contributed by atoms with Crippen molar-refractivity contribution in [2.24, 2.45) is 11.3 Å². The molecule has 1 aliphatic rings. The molecule has 0 aliphatic heterocycles. The van der Waals surface area contributed by atoms with Gasteiger partial charge < -0.3 is 5.11 Å². The summed E-state index contributed by atoms with van der Waals surface area (Å²) in [5.41, 5.74) is 0.798. The molecule has 1 aliphatic carbocycles. The van der Waals surface area contributed by atoms with Crippen molar-refractivity contribution in [1.29, 1.82) is 0 Å². The van der Waals surface area contributed by atoms with E-state index in [9.17, 15) is 5.11 Å². The lowest BCUT2D eigenvalue weighted by Gasteiger charge is -2.42. The van der Waals surface area contributed by atoms with Crippen LogP contribution in [-0.4, -0.2) is 10.7 Å². The lowest BCUT2D eigenvalue weighted by molar-refractivity contribution is 0.000627. The van der Waals surface area contributed by atoms with Crippen molar-refractivity contribution in [1.82, 2.24) is 0 Å². The van der Waals surface area contributed by atoms with Gasteiger partial charge in [0, 0.05) is 0 Å². The first-order valence-corrected chi connectivity index (χ1v) is 6.20. The van der Waals surface area contributed by atoms with Crippen LogP contribution in [0.1, 0.15) is 59.8 Å². The fourth-order valence-corrected chi connectivity index (χ4v) is 2.59. The Balaban J connectivity index is 2.60. The lowest BCUT2D eigenvalue weighted by atomic mass is 9.65. The monoisotopic (exact) mass is 210 g/mol. The van der Waals surface area contributed by atoms with Crippen LogP contribution in [0.2, 0.25) is 0 Å². The second-order valence-corrected chi connectivity index (χ2v) is 5.93. The number of hydrogen-bond acceptors (Lipinski definition) is 1. The SMILES string of the molecule is C=C(C)C1(O)CCC(C(C)(C)CC)CC1. The van der Waals surface area contributed by atoms with Gasteiger partial charge in [-0.15, -0.1) is 0 Å². The van der Waals surface area contributed by atoms with Crippen molar-refractivity contribution in [2.75, 3.05) is 0 Å². The Morgan fingerprint density at radius 1 is 1.40 bits per heavy atom. The van der Waals surface area contributed by atoms with Crippen molar-refractivity contribution in [3.05, 3.63) is 12.2 Å². The molecule has 0 aromatic heterocycles. The van der Waals surface area contributed by atoms with Gasteiger partial charge in [0.2, 0.25) is 0 Å². The molecular weight excluding hydrogens is 184 g/mol. The largest absolute Gasteiger partial charge is 0.386 e. The maximum atomic E-state index is 10.3. The summed E-state index contributed by atoms with van der Waals surface area (Å²) >= 11 is 0. The van der Waals surface area contributed by atoms with Crippen LogP contribution in [0.15, 0.2) is 12.2 Å². The summed E-state index contributed by atoms with van der Waals surface area (Å²) in [5.74, 6) is 0.766. The molecule has 0 saturated heterocycles. The lowest BCUT2D eigenvalue weighted by Crippen LogP contribution is -2.38. The highest BCUT2D eigenvalue weighted by Gasteiger charge is 2.38. The maximum Gasteiger partial charge on any atom is 0.0851 e. The van der Waals surface area contributed by atoms with Crippen LogP contribution in [0.3, 0.4) is 0 Å². The van der Waals surface area contributed by atoms with Gasteiger partial charge in [-0.2, -0.15) is 0 Å². The minimum Gasteiger partial charge on any atom is -0.386 e. The van der Waals surface area contributed by atoms with E-state index in [2.05, 4.69) is 27.4 Å². The predicted molar refractivity (Wildman–Crippen MR) is 65.8 cm³/mol. The van der Waals surface area contributed by atoms with Crippen LogP contribution in [0.5, 0.6) is 0 Å². The molecule has 1 N–H and O–H groups in total. The second-order valence-electron chi connectivity index (χ2n) is 5.93. The molecule has 0 bridgehead atoms. The van der Waals surface area contributed by atoms with E-state index in [0.717, 1.165) is 37.2 Å². The Bertz CT molecular complexity index is 232. The summed E-state index contributed by atoms with van der Waals surface area (Å²) in [7, 11) is 0. The van der Waals surface area contributed by atoms with Gasteiger partial charge in [-0.25, -0.2) is 0 Å². The Morgan fingerprint density at radius 3 is 2.20 bits per heavy atom. The molecule has 1 saturated carbocycles. The molecule has 1 fully saturated rings. The first kappa shape index (κ1) is 12.8. The second kappa shape index (κ2) is 4.29. The summed E-state index contributed by atoms with van der Waals surface area (Å²) in [6.45, 7) is 12.8. The molecule has 0 spiro atoms. The van der Waals surface area contributed by atoms with E-state index in [4.69, 9.17) is 0 Å². The Hall–Kier alpha value is -0.300. The molecule has 15 heavy (non-hydrogen) atoms. The quantitative estimate of drug-likeness (QED) is 0.700. The maximum absolute atomic E-state index is 10.3. The van der Waals surface area contributed by atoms with Crippen molar-refractivity contribution in [3.8, 4) is 0 Å². The van der Waals surface area contributed by atoms with E-state index in [1.165, 1.54) is 6.42 Å². The van der Waals surface area contributed by atoms with E-state index in [0.29, 0.717) is 5.41 Å². The van der Waals surface area contributed by atoms with Crippen LogP contribution in [0, 0.1) is 11.3 Å². The number of hydrogen-bond donors (Lipinski definition) is 1. The molecule has 1 nitrogen and oxygen atoms in total. The summed E-state index contributed by atoms with van der Waals surface area (Å²) < 4.78 is 0. The van der Waals surface area contributed by atoms with Crippen LogP contribution in [0.4, 0.5) is 0 Å². The molecule has 0 radical (unpaired) electrons. The first-order valence-electron chi connectivity index (χ1n) is 6.20. The highest BCUT2D eigenvalue weighted by molar-refractivity contribution is 5.11. The molecule has 0 atom stereocenters. The molecule has 0 heterocycles. The third kappa shape index (κ3) is 2.63. The smallest absolute Gasteiger partial charge is 0.0851 e. The minimum absolute atomic E-state index is 0.427.